The zero-order valence-electron chi connectivity index (χ0n) is 18.0. The van der Waals surface area contributed by atoms with E-state index in [1.54, 1.807) is 0 Å². The smallest absolute Gasteiger partial charge is 0.0737 e. The fraction of sp³-hybridized carbons (Fsp3) is 0.667. The SMILES string of the molecule is CCCCC(CC)Cc1cc(-c2cc(CC(CC)CCCC)c(Br)s2)sc1Br. The molecule has 0 aliphatic rings. The molecule has 0 aromatic carbocycles. The highest BCUT2D eigenvalue weighted by atomic mass is 79.9. The normalized spacial score (nSPS) is 13.8. The summed E-state index contributed by atoms with van der Waals surface area (Å²) in [7, 11) is 0. The minimum absolute atomic E-state index is 0.813. The average molecular weight is 548 g/mol. The Morgan fingerprint density at radius 3 is 1.43 bits per heavy atom. The molecule has 158 valence electrons. The lowest BCUT2D eigenvalue weighted by Crippen LogP contribution is -2.03. The first kappa shape index (κ1) is 24.6. The van der Waals surface area contributed by atoms with Crippen LogP contribution in [0.25, 0.3) is 9.75 Å². The summed E-state index contributed by atoms with van der Waals surface area (Å²) in [5.74, 6) is 1.63. The summed E-state index contributed by atoms with van der Waals surface area (Å²) in [5, 5.41) is 0. The van der Waals surface area contributed by atoms with Crippen molar-refractivity contribution in [3.05, 3.63) is 30.8 Å². The van der Waals surface area contributed by atoms with Gasteiger partial charge in [0.25, 0.3) is 0 Å². The van der Waals surface area contributed by atoms with Crippen LogP contribution in [0.1, 0.15) is 90.2 Å². The molecule has 0 saturated heterocycles. The lowest BCUT2D eigenvalue weighted by Gasteiger charge is -2.13. The topological polar surface area (TPSA) is 0 Å². The van der Waals surface area contributed by atoms with E-state index in [0.29, 0.717) is 0 Å². The first-order valence-corrected chi connectivity index (χ1v) is 14.3. The van der Waals surface area contributed by atoms with Crippen molar-refractivity contribution in [1.82, 2.24) is 0 Å². The summed E-state index contributed by atoms with van der Waals surface area (Å²) < 4.78 is 2.66. The standard InChI is InChI=1S/C24H36Br2S2/c1-5-9-11-17(7-3)13-19-15-21(27-23(19)25)22-16-20(24(26)28-22)14-18(8-4)12-10-6-2/h15-18H,5-14H2,1-4H3. The largest absolute Gasteiger partial charge is 0.127 e. The monoisotopic (exact) mass is 546 g/mol. The molecule has 4 heteroatoms. The highest BCUT2D eigenvalue weighted by Gasteiger charge is 2.17. The third-order valence-electron chi connectivity index (χ3n) is 5.86. The maximum atomic E-state index is 3.86. The zero-order chi connectivity index (χ0) is 20.5. The summed E-state index contributed by atoms with van der Waals surface area (Å²) in [4.78, 5) is 2.84. The second-order valence-electron chi connectivity index (χ2n) is 8.06. The van der Waals surface area contributed by atoms with E-state index < -0.39 is 0 Å². The molecule has 0 amide bonds. The highest BCUT2D eigenvalue weighted by Crippen LogP contribution is 2.43. The summed E-state index contributed by atoms with van der Waals surface area (Å²) in [6, 6.07) is 4.89. The minimum Gasteiger partial charge on any atom is -0.127 e. The summed E-state index contributed by atoms with van der Waals surface area (Å²) in [6.45, 7) is 9.27. The Balaban J connectivity index is 2.11. The number of rotatable bonds is 13. The summed E-state index contributed by atoms with van der Waals surface area (Å²) in [5.41, 5.74) is 3.01. The van der Waals surface area contributed by atoms with Gasteiger partial charge in [-0.15, -0.1) is 22.7 Å². The van der Waals surface area contributed by atoms with Gasteiger partial charge in [-0.1, -0.05) is 79.1 Å². The molecule has 0 fully saturated rings. The Hall–Kier alpha value is 0.360. The minimum atomic E-state index is 0.813. The van der Waals surface area contributed by atoms with E-state index in [-0.39, 0.29) is 0 Å². The molecular formula is C24H36Br2S2. The van der Waals surface area contributed by atoms with E-state index in [1.165, 1.54) is 92.7 Å². The first-order valence-electron chi connectivity index (χ1n) is 11.1. The van der Waals surface area contributed by atoms with Gasteiger partial charge in [-0.05, 0) is 79.8 Å². The molecule has 0 saturated carbocycles. The molecule has 0 bridgehead atoms. The molecule has 0 radical (unpaired) electrons. The van der Waals surface area contributed by atoms with Gasteiger partial charge in [-0.25, -0.2) is 0 Å². The molecule has 2 atom stereocenters. The van der Waals surface area contributed by atoms with Gasteiger partial charge in [0.1, 0.15) is 0 Å². The van der Waals surface area contributed by atoms with E-state index in [2.05, 4.69) is 71.7 Å². The molecule has 0 nitrogen and oxygen atoms in total. The van der Waals surface area contributed by atoms with Gasteiger partial charge < -0.3 is 0 Å². The van der Waals surface area contributed by atoms with Gasteiger partial charge >= 0.3 is 0 Å². The number of thiophene rings is 2. The Labute approximate surface area is 197 Å². The van der Waals surface area contributed by atoms with Crippen LogP contribution in [0, 0.1) is 11.8 Å². The van der Waals surface area contributed by atoms with Crippen LogP contribution >= 0.6 is 54.5 Å². The molecule has 0 aliphatic heterocycles. The van der Waals surface area contributed by atoms with Gasteiger partial charge in [-0.3, -0.25) is 0 Å². The number of halogens is 2. The molecule has 0 aliphatic carbocycles. The van der Waals surface area contributed by atoms with Crippen LogP contribution in [0.4, 0.5) is 0 Å². The molecule has 2 aromatic rings. The van der Waals surface area contributed by atoms with Crippen LogP contribution in [0.15, 0.2) is 19.7 Å². The van der Waals surface area contributed by atoms with Crippen molar-refractivity contribution in [2.24, 2.45) is 11.8 Å². The second-order valence-corrected chi connectivity index (χ2v) is 12.8. The predicted molar refractivity (Wildman–Crippen MR) is 137 cm³/mol. The molecule has 2 aromatic heterocycles. The molecule has 0 N–H and O–H groups in total. The van der Waals surface area contributed by atoms with Crippen LogP contribution in [0.5, 0.6) is 0 Å². The maximum Gasteiger partial charge on any atom is 0.0737 e. The fourth-order valence-corrected chi connectivity index (χ4v) is 7.35. The van der Waals surface area contributed by atoms with Crippen molar-refractivity contribution in [2.45, 2.75) is 91.9 Å². The lowest BCUT2D eigenvalue weighted by molar-refractivity contribution is 0.449. The third-order valence-corrected chi connectivity index (χ3v) is 9.98. The molecular weight excluding hydrogens is 512 g/mol. The van der Waals surface area contributed by atoms with Crippen molar-refractivity contribution >= 4 is 54.5 Å². The third kappa shape index (κ3) is 7.25. The average Bonchev–Trinajstić information content (AvgIpc) is 3.24. The molecule has 0 spiro atoms. The maximum absolute atomic E-state index is 3.86. The van der Waals surface area contributed by atoms with Gasteiger partial charge in [0.15, 0.2) is 0 Å². The second kappa shape index (κ2) is 12.9. The van der Waals surface area contributed by atoms with Crippen LogP contribution in [-0.2, 0) is 12.8 Å². The van der Waals surface area contributed by atoms with Crippen LogP contribution < -0.4 is 0 Å². The van der Waals surface area contributed by atoms with Crippen LogP contribution in [0.2, 0.25) is 0 Å². The summed E-state index contributed by atoms with van der Waals surface area (Å²) in [6.07, 6.45) is 13.0. The van der Waals surface area contributed by atoms with Crippen molar-refractivity contribution in [2.75, 3.05) is 0 Å². The van der Waals surface area contributed by atoms with Crippen molar-refractivity contribution in [1.29, 1.82) is 0 Å². The quantitative estimate of drug-likeness (QED) is 0.234. The highest BCUT2D eigenvalue weighted by molar-refractivity contribution is 9.11. The van der Waals surface area contributed by atoms with Crippen LogP contribution in [0.3, 0.4) is 0 Å². The number of hydrogen-bond acceptors (Lipinski definition) is 2. The van der Waals surface area contributed by atoms with E-state index in [0.717, 1.165) is 11.8 Å². The molecule has 28 heavy (non-hydrogen) atoms. The summed E-state index contributed by atoms with van der Waals surface area (Å²) >= 11 is 11.5. The van der Waals surface area contributed by atoms with Gasteiger partial charge in [-0.2, -0.15) is 0 Å². The van der Waals surface area contributed by atoms with E-state index in [1.807, 2.05) is 22.7 Å². The van der Waals surface area contributed by atoms with E-state index in [9.17, 15) is 0 Å². The first-order chi connectivity index (χ1) is 13.5. The zero-order valence-corrected chi connectivity index (χ0v) is 22.8. The van der Waals surface area contributed by atoms with Gasteiger partial charge in [0.2, 0.25) is 0 Å². The van der Waals surface area contributed by atoms with Crippen molar-refractivity contribution in [3.8, 4) is 9.75 Å². The lowest BCUT2D eigenvalue weighted by atomic mass is 9.92. The molecule has 2 unspecified atom stereocenters. The van der Waals surface area contributed by atoms with Crippen molar-refractivity contribution in [3.63, 3.8) is 0 Å². The molecule has 2 heterocycles. The Morgan fingerprint density at radius 2 is 1.11 bits per heavy atom. The van der Waals surface area contributed by atoms with Crippen LogP contribution in [-0.4, -0.2) is 0 Å². The van der Waals surface area contributed by atoms with E-state index in [4.69, 9.17) is 0 Å². The number of hydrogen-bond donors (Lipinski definition) is 0. The van der Waals surface area contributed by atoms with Crippen molar-refractivity contribution < 1.29 is 0 Å². The Kier molecular flexibility index (Phi) is 11.4. The Bertz CT molecular complexity index is 641. The number of unbranched alkanes of at least 4 members (excludes halogenated alkanes) is 2. The predicted octanol–water partition coefficient (Wildman–Crippen LogP) is 10.5. The molecule has 2 rings (SSSR count). The fourth-order valence-electron chi connectivity index (χ4n) is 3.84. The van der Waals surface area contributed by atoms with Gasteiger partial charge in [0, 0.05) is 9.75 Å². The Morgan fingerprint density at radius 1 is 0.714 bits per heavy atom. The van der Waals surface area contributed by atoms with E-state index >= 15 is 0 Å². The van der Waals surface area contributed by atoms with Gasteiger partial charge in [0.05, 0.1) is 7.57 Å².